The molecule has 0 atom stereocenters. The monoisotopic (exact) mass is 477 g/mol. The molecule has 3 aromatic rings. The maximum atomic E-state index is 13.2. The van der Waals surface area contributed by atoms with Crippen molar-refractivity contribution >= 4 is 28.4 Å². The quantitative estimate of drug-likeness (QED) is 0.483. The van der Waals surface area contributed by atoms with E-state index in [4.69, 9.17) is 0 Å². The van der Waals surface area contributed by atoms with E-state index in [0.29, 0.717) is 12.0 Å². The van der Waals surface area contributed by atoms with E-state index >= 15 is 0 Å². The zero-order valence-corrected chi connectivity index (χ0v) is 22.2. The second-order valence-corrected chi connectivity index (χ2v) is 11.4. The van der Waals surface area contributed by atoms with E-state index in [0.717, 1.165) is 53.7 Å². The highest BCUT2D eigenvalue weighted by atomic mass is 16.2. The van der Waals surface area contributed by atoms with E-state index in [1.807, 2.05) is 45.9 Å². The number of aromatic amines is 2. The van der Waals surface area contributed by atoms with Gasteiger partial charge in [0.2, 0.25) is 11.8 Å². The highest BCUT2D eigenvalue weighted by Crippen LogP contribution is 2.38. The predicted octanol–water partition coefficient (Wildman–Crippen LogP) is 5.32. The first-order valence-corrected chi connectivity index (χ1v) is 12.7. The molecule has 1 aliphatic carbocycles. The number of amides is 2. The molecule has 0 bridgehead atoms. The Labute approximate surface area is 208 Å². The molecule has 0 spiro atoms. The van der Waals surface area contributed by atoms with Crippen LogP contribution in [0.25, 0.3) is 22.3 Å². The summed E-state index contributed by atoms with van der Waals surface area (Å²) in [6.07, 6.45) is 3.91. The van der Waals surface area contributed by atoms with Crippen LogP contribution in [0.2, 0.25) is 0 Å². The Kier molecular flexibility index (Phi) is 6.56. The molecule has 4 rings (SSSR count). The number of rotatable bonds is 7. The number of carbonyl (C=O) groups is 2. The zero-order chi connectivity index (χ0) is 25.5. The Bertz CT molecular complexity index is 1250. The van der Waals surface area contributed by atoms with Crippen molar-refractivity contribution in [1.82, 2.24) is 20.1 Å². The summed E-state index contributed by atoms with van der Waals surface area (Å²) < 4.78 is 0. The summed E-state index contributed by atoms with van der Waals surface area (Å²) >= 11 is 0. The zero-order valence-electron chi connectivity index (χ0n) is 22.2. The maximum Gasteiger partial charge on any atom is 0.246 e. The van der Waals surface area contributed by atoms with Gasteiger partial charge in [0.15, 0.2) is 0 Å². The lowest BCUT2D eigenvalue weighted by Gasteiger charge is -2.30. The summed E-state index contributed by atoms with van der Waals surface area (Å²) in [5.41, 5.74) is 6.15. The first kappa shape index (κ1) is 25.0. The van der Waals surface area contributed by atoms with Crippen molar-refractivity contribution in [3.05, 3.63) is 35.5 Å². The average molecular weight is 478 g/mol. The van der Waals surface area contributed by atoms with Crippen LogP contribution >= 0.6 is 0 Å². The molecular formula is C28H39N5O2. The molecule has 2 amide bonds. The summed E-state index contributed by atoms with van der Waals surface area (Å²) in [6.45, 7) is 13.0. The molecule has 0 saturated heterocycles. The van der Waals surface area contributed by atoms with E-state index in [1.54, 1.807) is 16.8 Å². The fraction of sp³-hybridized carbons (Fsp3) is 0.536. The van der Waals surface area contributed by atoms with Gasteiger partial charge in [0.25, 0.3) is 0 Å². The molecule has 0 radical (unpaired) electrons. The summed E-state index contributed by atoms with van der Waals surface area (Å²) in [7, 11) is 1.71. The molecule has 2 heterocycles. The molecule has 2 aromatic heterocycles. The number of hydrogen-bond acceptors (Lipinski definition) is 3. The van der Waals surface area contributed by atoms with Crippen molar-refractivity contribution in [2.75, 3.05) is 25.0 Å². The molecule has 188 valence electrons. The minimum absolute atomic E-state index is 0.0143. The topological polar surface area (TPSA) is 85.1 Å². The predicted molar refractivity (Wildman–Crippen MR) is 141 cm³/mol. The van der Waals surface area contributed by atoms with Gasteiger partial charge in [-0.15, -0.1) is 0 Å². The van der Waals surface area contributed by atoms with Gasteiger partial charge in [0.05, 0.1) is 12.2 Å². The normalized spacial score (nSPS) is 15.2. The molecule has 0 unspecified atom stereocenters. The van der Waals surface area contributed by atoms with Crippen LogP contribution in [0.5, 0.6) is 0 Å². The standard InChI is InChI=1S/C28H39N5O2/c1-8-28(5,6)26(35)32(7)17-24(34)33(9-2)19-11-10-18-14-22(29-21(18)15-19)25-20-12-13-27(3,4)16-23(20)30-31-25/h10-11,14-15,29H,8-9,12-13,16-17H2,1-7H3,(H,30,31). The first-order chi connectivity index (χ1) is 16.5. The third-order valence-corrected chi connectivity index (χ3v) is 7.63. The molecule has 7 nitrogen and oxygen atoms in total. The van der Waals surface area contributed by atoms with Crippen LogP contribution in [0.3, 0.4) is 0 Å². The van der Waals surface area contributed by atoms with E-state index in [1.165, 1.54) is 11.3 Å². The molecule has 0 fully saturated rings. The van der Waals surface area contributed by atoms with E-state index in [-0.39, 0.29) is 18.4 Å². The van der Waals surface area contributed by atoms with Gasteiger partial charge in [-0.2, -0.15) is 5.10 Å². The van der Waals surface area contributed by atoms with Gasteiger partial charge < -0.3 is 14.8 Å². The molecule has 2 N–H and O–H groups in total. The highest BCUT2D eigenvalue weighted by Gasteiger charge is 2.31. The van der Waals surface area contributed by atoms with E-state index < -0.39 is 5.41 Å². The number of H-pyrrole nitrogens is 2. The maximum absolute atomic E-state index is 13.2. The van der Waals surface area contributed by atoms with E-state index in [9.17, 15) is 9.59 Å². The number of nitrogens with one attached hydrogen (secondary N) is 2. The van der Waals surface area contributed by atoms with Gasteiger partial charge in [-0.3, -0.25) is 14.7 Å². The smallest absolute Gasteiger partial charge is 0.246 e. The Balaban J connectivity index is 1.56. The van der Waals surface area contributed by atoms with Crippen LogP contribution in [0, 0.1) is 10.8 Å². The number of likely N-dealkylation sites (N-methyl/N-ethyl adjacent to an activating group) is 2. The van der Waals surface area contributed by atoms with Gasteiger partial charge in [-0.1, -0.05) is 40.7 Å². The third kappa shape index (κ3) is 4.86. The molecule has 7 heteroatoms. The minimum atomic E-state index is -0.479. The molecule has 1 aliphatic rings. The number of anilines is 1. The van der Waals surface area contributed by atoms with Crippen molar-refractivity contribution in [1.29, 1.82) is 0 Å². The van der Waals surface area contributed by atoms with Crippen molar-refractivity contribution < 1.29 is 9.59 Å². The van der Waals surface area contributed by atoms with Crippen molar-refractivity contribution in [2.24, 2.45) is 10.8 Å². The number of nitrogens with zero attached hydrogens (tertiary/aromatic N) is 3. The van der Waals surface area contributed by atoms with Gasteiger partial charge in [-0.05, 0) is 56.2 Å². The fourth-order valence-electron chi connectivity index (χ4n) is 5.01. The van der Waals surface area contributed by atoms with Crippen LogP contribution in [0.4, 0.5) is 5.69 Å². The van der Waals surface area contributed by atoms with Crippen molar-refractivity contribution in [3.8, 4) is 11.4 Å². The molecule has 1 aromatic carbocycles. The lowest BCUT2D eigenvalue weighted by Crippen LogP contribution is -2.45. The van der Waals surface area contributed by atoms with Crippen LogP contribution in [0.15, 0.2) is 24.3 Å². The second kappa shape index (κ2) is 9.17. The third-order valence-electron chi connectivity index (χ3n) is 7.63. The van der Waals surface area contributed by atoms with E-state index in [2.05, 4.69) is 35.1 Å². The number of carbonyl (C=O) groups excluding carboxylic acids is 2. The lowest BCUT2D eigenvalue weighted by atomic mass is 9.76. The Hall–Kier alpha value is -3.09. The van der Waals surface area contributed by atoms with Gasteiger partial charge in [0.1, 0.15) is 5.69 Å². The molecule has 35 heavy (non-hydrogen) atoms. The summed E-state index contributed by atoms with van der Waals surface area (Å²) in [5.74, 6) is -0.107. The minimum Gasteiger partial charge on any atom is -0.353 e. The molecular weight excluding hydrogens is 438 g/mol. The molecule has 0 saturated carbocycles. The van der Waals surface area contributed by atoms with Crippen LogP contribution < -0.4 is 4.90 Å². The number of fused-ring (bicyclic) bond motifs is 2. The largest absolute Gasteiger partial charge is 0.353 e. The fourth-order valence-corrected chi connectivity index (χ4v) is 5.01. The Morgan fingerprint density at radius 3 is 2.60 bits per heavy atom. The number of benzene rings is 1. The van der Waals surface area contributed by atoms with Crippen LogP contribution in [-0.4, -0.2) is 52.0 Å². The summed E-state index contributed by atoms with van der Waals surface area (Å²) in [5, 5.41) is 8.99. The Morgan fingerprint density at radius 1 is 1.17 bits per heavy atom. The second-order valence-electron chi connectivity index (χ2n) is 11.4. The van der Waals surface area contributed by atoms with Crippen molar-refractivity contribution in [3.63, 3.8) is 0 Å². The van der Waals surface area contributed by atoms with Gasteiger partial charge >= 0.3 is 0 Å². The summed E-state index contributed by atoms with van der Waals surface area (Å²) in [6, 6.07) is 8.16. The average Bonchev–Trinajstić information content (AvgIpc) is 3.41. The van der Waals surface area contributed by atoms with Crippen molar-refractivity contribution in [2.45, 2.75) is 67.2 Å². The lowest BCUT2D eigenvalue weighted by molar-refractivity contribution is -0.141. The SMILES string of the molecule is CCN(C(=O)CN(C)C(=O)C(C)(C)CC)c1ccc2cc(-c3n[nH]c4c3CCC(C)(C)C4)[nH]c2c1. The Morgan fingerprint density at radius 2 is 1.91 bits per heavy atom. The highest BCUT2D eigenvalue weighted by molar-refractivity contribution is 5.99. The number of aromatic nitrogens is 3. The first-order valence-electron chi connectivity index (χ1n) is 12.7. The summed E-state index contributed by atoms with van der Waals surface area (Å²) in [4.78, 5) is 32.7. The van der Waals surface area contributed by atoms with Crippen LogP contribution in [0.1, 0.15) is 65.6 Å². The van der Waals surface area contributed by atoms with Crippen LogP contribution in [-0.2, 0) is 22.4 Å². The van der Waals surface area contributed by atoms with Gasteiger partial charge in [-0.25, -0.2) is 0 Å². The number of hydrogen-bond donors (Lipinski definition) is 2. The molecule has 0 aliphatic heterocycles. The van der Waals surface area contributed by atoms with Gasteiger partial charge in [0, 0.05) is 46.9 Å².